The Morgan fingerprint density at radius 2 is 2.07 bits per heavy atom. The van der Waals surface area contributed by atoms with Crippen LogP contribution in [0.3, 0.4) is 0 Å². The molecule has 14 heavy (non-hydrogen) atoms. The van der Waals surface area contributed by atoms with Gasteiger partial charge in [-0.2, -0.15) is 0 Å². The Morgan fingerprint density at radius 3 is 2.57 bits per heavy atom. The topological polar surface area (TPSA) is 45.7 Å². The Kier molecular flexibility index (Phi) is 4.13. The molecule has 0 saturated carbocycles. The smallest absolute Gasteiger partial charge is 0.216 e. The van der Waals surface area contributed by atoms with Crippen molar-refractivity contribution in [3.05, 3.63) is 36.9 Å². The molecular formula is C11H16N2O. The molecular weight excluding hydrogens is 176 g/mol. The molecule has 0 unspecified atom stereocenters. The van der Waals surface area contributed by atoms with Crippen LogP contribution in [0, 0.1) is 7.05 Å². The summed E-state index contributed by atoms with van der Waals surface area (Å²) in [6, 6.07) is 8.16. The molecule has 1 amide bonds. The molecule has 0 aliphatic rings. The standard InChI is InChI=1S/C11H16N2O/c1-9(14)13-8-7-10-3-5-11(12-2)6-4-10/h3-6H,2,7-8,12H2,1H3,(H,13,14). The number of nitrogens with one attached hydrogen (secondary N) is 1. The van der Waals surface area contributed by atoms with Crippen molar-refractivity contribution in [2.75, 3.05) is 6.54 Å². The summed E-state index contributed by atoms with van der Waals surface area (Å²) in [4.78, 5) is 10.6. The number of amides is 1. The summed E-state index contributed by atoms with van der Waals surface area (Å²) in [5.74, 6) is 0.0210. The minimum absolute atomic E-state index is 0.0210. The number of hydrogen-bond donors (Lipinski definition) is 2. The lowest BCUT2D eigenvalue weighted by Gasteiger charge is -2.03. The third-order valence-corrected chi connectivity index (χ3v) is 2.00. The van der Waals surface area contributed by atoms with E-state index in [1.54, 1.807) is 0 Å². The molecule has 3 heteroatoms. The normalized spacial score (nSPS) is 9.86. The summed E-state index contributed by atoms with van der Waals surface area (Å²) in [7, 11) is 3.69. The number of rotatable bonds is 4. The van der Waals surface area contributed by atoms with Crippen molar-refractivity contribution in [3.8, 4) is 0 Å². The van der Waals surface area contributed by atoms with Crippen LogP contribution in [-0.4, -0.2) is 12.5 Å². The molecule has 0 bridgehead atoms. The predicted molar refractivity (Wildman–Crippen MR) is 55.8 cm³/mol. The van der Waals surface area contributed by atoms with Crippen molar-refractivity contribution in [1.29, 1.82) is 0 Å². The second kappa shape index (κ2) is 5.40. The van der Waals surface area contributed by atoms with E-state index in [1.165, 1.54) is 12.5 Å². The molecule has 0 spiro atoms. The average molecular weight is 192 g/mol. The van der Waals surface area contributed by atoms with Crippen LogP contribution in [0.2, 0.25) is 0 Å². The van der Waals surface area contributed by atoms with Crippen molar-refractivity contribution < 1.29 is 10.1 Å². The fourth-order valence-electron chi connectivity index (χ4n) is 1.20. The van der Waals surface area contributed by atoms with Gasteiger partial charge in [-0.05, 0) is 24.1 Å². The zero-order chi connectivity index (χ0) is 10.4. The van der Waals surface area contributed by atoms with Crippen LogP contribution in [0.15, 0.2) is 24.3 Å². The monoisotopic (exact) mass is 192 g/mol. The highest BCUT2D eigenvalue weighted by molar-refractivity contribution is 5.72. The third kappa shape index (κ3) is 3.58. The molecule has 0 atom stereocenters. The Bertz CT molecular complexity index is 293. The van der Waals surface area contributed by atoms with Gasteiger partial charge in [-0.25, -0.2) is 0 Å². The first kappa shape index (κ1) is 10.7. The molecule has 1 aromatic rings. The molecule has 0 aliphatic heterocycles. The van der Waals surface area contributed by atoms with Gasteiger partial charge in [0, 0.05) is 13.5 Å². The van der Waals surface area contributed by atoms with E-state index < -0.39 is 0 Å². The number of quaternary nitrogens is 1. The zero-order valence-corrected chi connectivity index (χ0v) is 8.42. The van der Waals surface area contributed by atoms with E-state index in [1.807, 2.05) is 17.4 Å². The highest BCUT2D eigenvalue weighted by atomic mass is 16.1. The van der Waals surface area contributed by atoms with Crippen LogP contribution in [0.1, 0.15) is 12.5 Å². The Hall–Kier alpha value is -1.35. The van der Waals surface area contributed by atoms with E-state index >= 15 is 0 Å². The van der Waals surface area contributed by atoms with Gasteiger partial charge in [0.25, 0.3) is 0 Å². The summed E-state index contributed by atoms with van der Waals surface area (Å²) in [5.41, 5.74) is 2.35. The lowest BCUT2D eigenvalue weighted by molar-refractivity contribution is -0.504. The van der Waals surface area contributed by atoms with Crippen LogP contribution < -0.4 is 10.6 Å². The largest absolute Gasteiger partial charge is 0.446 e. The van der Waals surface area contributed by atoms with Gasteiger partial charge < -0.3 is 10.6 Å². The first-order valence-corrected chi connectivity index (χ1v) is 4.68. The van der Waals surface area contributed by atoms with Gasteiger partial charge in [0.2, 0.25) is 5.91 Å². The van der Waals surface area contributed by atoms with Gasteiger partial charge in [0.1, 0.15) is 5.69 Å². The second-order valence-electron chi connectivity index (χ2n) is 3.18. The van der Waals surface area contributed by atoms with Gasteiger partial charge in [0.05, 0.1) is 0 Å². The number of hydrogen-bond acceptors (Lipinski definition) is 1. The molecule has 0 aliphatic carbocycles. The highest BCUT2D eigenvalue weighted by Gasteiger charge is 1.95. The molecule has 0 radical (unpaired) electrons. The maximum absolute atomic E-state index is 10.6. The summed E-state index contributed by atoms with van der Waals surface area (Å²) in [6.45, 7) is 2.23. The van der Waals surface area contributed by atoms with Crippen LogP contribution in [0.4, 0.5) is 5.69 Å². The van der Waals surface area contributed by atoms with Crippen LogP contribution >= 0.6 is 0 Å². The van der Waals surface area contributed by atoms with E-state index in [4.69, 9.17) is 0 Å². The number of nitrogens with two attached hydrogens (primary N) is 1. The van der Waals surface area contributed by atoms with Gasteiger partial charge in [0.15, 0.2) is 0 Å². The minimum atomic E-state index is 0.0210. The second-order valence-corrected chi connectivity index (χ2v) is 3.18. The van der Waals surface area contributed by atoms with E-state index in [-0.39, 0.29) is 5.91 Å². The van der Waals surface area contributed by atoms with Crippen molar-refractivity contribution in [3.63, 3.8) is 0 Å². The number of benzene rings is 1. The molecule has 1 aromatic carbocycles. The lowest BCUT2D eigenvalue weighted by atomic mass is 10.1. The maximum atomic E-state index is 10.6. The van der Waals surface area contributed by atoms with E-state index in [2.05, 4.69) is 24.5 Å². The van der Waals surface area contributed by atoms with Crippen LogP contribution in [0.25, 0.3) is 0 Å². The number of carbonyl (C=O) groups excluding carboxylic acids is 1. The van der Waals surface area contributed by atoms with Crippen molar-refractivity contribution in [1.82, 2.24) is 5.32 Å². The summed E-state index contributed by atoms with van der Waals surface area (Å²) in [5, 5.41) is 4.58. The van der Waals surface area contributed by atoms with Gasteiger partial charge in [-0.3, -0.25) is 4.79 Å². The molecule has 3 nitrogen and oxygen atoms in total. The molecule has 0 fully saturated rings. The first-order valence-electron chi connectivity index (χ1n) is 4.68. The average Bonchev–Trinajstić information content (AvgIpc) is 2.18. The minimum Gasteiger partial charge on any atom is -0.446 e. The summed E-state index contributed by atoms with van der Waals surface area (Å²) in [6.07, 6.45) is 0.872. The molecule has 1 rings (SSSR count). The molecule has 0 heterocycles. The zero-order valence-electron chi connectivity index (χ0n) is 8.42. The SMILES string of the molecule is [CH2-][NH2+]c1ccc(CCNC(C)=O)cc1. The molecule has 76 valence electrons. The molecule has 0 aromatic heterocycles. The quantitative estimate of drug-likeness (QED) is 0.525. The number of carbonyl (C=O) groups is 1. The first-order chi connectivity index (χ1) is 6.72. The van der Waals surface area contributed by atoms with Crippen LogP contribution in [-0.2, 0) is 11.2 Å². The third-order valence-electron chi connectivity index (χ3n) is 2.00. The van der Waals surface area contributed by atoms with Crippen molar-refractivity contribution >= 4 is 11.6 Å². The van der Waals surface area contributed by atoms with Crippen molar-refractivity contribution in [2.24, 2.45) is 0 Å². The summed E-state index contributed by atoms with van der Waals surface area (Å²) < 4.78 is 0. The maximum Gasteiger partial charge on any atom is 0.216 e. The fraction of sp³-hybridized carbons (Fsp3) is 0.273. The Morgan fingerprint density at radius 1 is 1.43 bits per heavy atom. The lowest BCUT2D eigenvalue weighted by Crippen LogP contribution is -2.69. The van der Waals surface area contributed by atoms with Crippen molar-refractivity contribution in [2.45, 2.75) is 13.3 Å². The van der Waals surface area contributed by atoms with E-state index in [9.17, 15) is 4.79 Å². The molecule has 3 N–H and O–H groups in total. The predicted octanol–water partition coefficient (Wildman–Crippen LogP) is 0.352. The fourth-order valence-corrected chi connectivity index (χ4v) is 1.20. The van der Waals surface area contributed by atoms with Gasteiger partial charge in [-0.1, -0.05) is 12.1 Å². The Balaban J connectivity index is 2.40. The van der Waals surface area contributed by atoms with E-state index in [0.29, 0.717) is 6.54 Å². The molecule has 0 saturated heterocycles. The van der Waals surface area contributed by atoms with Gasteiger partial charge in [-0.15, -0.1) is 7.05 Å². The highest BCUT2D eigenvalue weighted by Crippen LogP contribution is 2.04. The van der Waals surface area contributed by atoms with Crippen LogP contribution in [0.5, 0.6) is 0 Å². The summed E-state index contributed by atoms with van der Waals surface area (Å²) >= 11 is 0. The Labute approximate surface area is 84.5 Å². The van der Waals surface area contributed by atoms with E-state index in [0.717, 1.165) is 12.1 Å². The van der Waals surface area contributed by atoms with Gasteiger partial charge >= 0.3 is 0 Å².